The van der Waals surface area contributed by atoms with Crippen LogP contribution in [-0.2, 0) is 5.54 Å². The second-order valence-electron chi connectivity index (χ2n) is 5.09. The third-order valence-electron chi connectivity index (χ3n) is 3.26. The van der Waals surface area contributed by atoms with Gasteiger partial charge in [-0.05, 0) is 49.6 Å². The zero-order valence-electron chi connectivity index (χ0n) is 11.0. The Labute approximate surface area is 107 Å². The third-order valence-corrected chi connectivity index (χ3v) is 3.26. The lowest BCUT2D eigenvalue weighted by atomic mass is 9.84. The molecule has 0 aromatic heterocycles. The van der Waals surface area contributed by atoms with E-state index in [1.54, 1.807) is 0 Å². The molecule has 1 atom stereocenters. The van der Waals surface area contributed by atoms with Gasteiger partial charge in [0.2, 0.25) is 0 Å². The Morgan fingerprint density at radius 2 is 1.61 bits per heavy atom. The Morgan fingerprint density at radius 3 is 2.22 bits per heavy atom. The number of nitrogens with two attached hydrogens (primary N) is 1. The van der Waals surface area contributed by atoms with Gasteiger partial charge in [0, 0.05) is 0 Å². The highest BCUT2D eigenvalue weighted by molar-refractivity contribution is 5.40. The molecule has 2 aromatic carbocycles. The molecule has 0 aliphatic heterocycles. The van der Waals surface area contributed by atoms with E-state index in [1.807, 2.05) is 51.1 Å². The van der Waals surface area contributed by atoms with Crippen molar-refractivity contribution in [2.24, 2.45) is 5.73 Å². The van der Waals surface area contributed by atoms with Crippen LogP contribution in [0.15, 0.2) is 42.5 Å². The molecule has 0 amide bonds. The van der Waals surface area contributed by atoms with Gasteiger partial charge in [-0.15, -0.1) is 0 Å². The summed E-state index contributed by atoms with van der Waals surface area (Å²) in [6.07, 6.45) is 0. The molecule has 2 aromatic rings. The Balaban J connectivity index is 2.53. The number of benzene rings is 2. The largest absolute Gasteiger partial charge is 0.318 e. The molecule has 0 fully saturated rings. The summed E-state index contributed by atoms with van der Waals surface area (Å²) in [7, 11) is 0. The van der Waals surface area contributed by atoms with E-state index >= 15 is 0 Å². The number of hydrogen-bond donors (Lipinski definition) is 1. The molecule has 0 aliphatic carbocycles. The van der Waals surface area contributed by atoms with Gasteiger partial charge >= 0.3 is 0 Å². The minimum absolute atomic E-state index is 0.241. The van der Waals surface area contributed by atoms with Gasteiger partial charge in [0.25, 0.3) is 0 Å². The summed E-state index contributed by atoms with van der Waals surface area (Å²) < 4.78 is 13.5. The van der Waals surface area contributed by atoms with Crippen molar-refractivity contribution in [2.75, 3.05) is 0 Å². The maximum atomic E-state index is 13.5. The van der Waals surface area contributed by atoms with Crippen molar-refractivity contribution >= 4 is 0 Å². The minimum Gasteiger partial charge on any atom is -0.318 e. The fourth-order valence-corrected chi connectivity index (χ4v) is 2.17. The molecule has 1 nitrogen and oxygen atoms in total. The average molecular weight is 243 g/mol. The number of hydrogen-bond acceptors (Lipinski definition) is 1. The minimum atomic E-state index is -0.682. The second-order valence-corrected chi connectivity index (χ2v) is 5.09. The Kier molecular flexibility index (Phi) is 3.22. The zero-order chi connectivity index (χ0) is 13.3. The van der Waals surface area contributed by atoms with Crippen molar-refractivity contribution in [3.05, 3.63) is 70.5 Å². The molecule has 0 spiro atoms. The molecule has 2 N–H and O–H groups in total. The molecule has 0 aliphatic rings. The predicted molar refractivity (Wildman–Crippen MR) is 73.0 cm³/mol. The van der Waals surface area contributed by atoms with Crippen molar-refractivity contribution in [3.8, 4) is 0 Å². The Morgan fingerprint density at radius 1 is 0.944 bits per heavy atom. The quantitative estimate of drug-likeness (QED) is 0.855. The van der Waals surface area contributed by atoms with Gasteiger partial charge in [0.05, 0.1) is 5.54 Å². The van der Waals surface area contributed by atoms with Gasteiger partial charge in [-0.25, -0.2) is 4.39 Å². The third kappa shape index (κ3) is 2.44. The van der Waals surface area contributed by atoms with Crippen LogP contribution in [-0.4, -0.2) is 0 Å². The van der Waals surface area contributed by atoms with Crippen molar-refractivity contribution in [1.29, 1.82) is 0 Å². The summed E-state index contributed by atoms with van der Waals surface area (Å²) in [6, 6.07) is 13.0. The summed E-state index contributed by atoms with van der Waals surface area (Å²) >= 11 is 0. The van der Waals surface area contributed by atoms with E-state index in [1.165, 1.54) is 12.1 Å². The van der Waals surface area contributed by atoms with Crippen LogP contribution in [0.3, 0.4) is 0 Å². The van der Waals surface area contributed by atoms with E-state index in [0.29, 0.717) is 0 Å². The van der Waals surface area contributed by atoms with Gasteiger partial charge in [-0.1, -0.05) is 35.9 Å². The van der Waals surface area contributed by atoms with Gasteiger partial charge in [0.1, 0.15) is 5.82 Å². The monoisotopic (exact) mass is 243 g/mol. The fraction of sp³-hybridized carbons (Fsp3) is 0.250. The first kappa shape index (κ1) is 12.8. The second kappa shape index (κ2) is 4.54. The number of halogens is 1. The van der Waals surface area contributed by atoms with Gasteiger partial charge in [0.15, 0.2) is 0 Å². The smallest absolute Gasteiger partial charge is 0.123 e. The molecular formula is C16H18FN. The number of aryl methyl sites for hydroxylation is 2. The molecule has 2 rings (SSSR count). The summed E-state index contributed by atoms with van der Waals surface area (Å²) in [4.78, 5) is 0. The van der Waals surface area contributed by atoms with Crippen LogP contribution in [0.5, 0.6) is 0 Å². The van der Waals surface area contributed by atoms with E-state index in [-0.39, 0.29) is 5.82 Å². The fourth-order valence-electron chi connectivity index (χ4n) is 2.17. The maximum absolute atomic E-state index is 13.5. The van der Waals surface area contributed by atoms with Gasteiger partial charge in [-0.3, -0.25) is 0 Å². The van der Waals surface area contributed by atoms with E-state index in [4.69, 9.17) is 5.73 Å². The molecular weight excluding hydrogens is 225 g/mol. The predicted octanol–water partition coefficient (Wildman–Crippen LogP) is 3.66. The van der Waals surface area contributed by atoms with E-state index in [0.717, 1.165) is 22.3 Å². The molecule has 0 saturated carbocycles. The Hall–Kier alpha value is -1.67. The molecule has 18 heavy (non-hydrogen) atoms. The summed E-state index contributed by atoms with van der Waals surface area (Å²) in [5.41, 5.74) is 9.54. The molecule has 1 unspecified atom stereocenters. The normalized spacial score (nSPS) is 14.3. The van der Waals surface area contributed by atoms with Crippen molar-refractivity contribution in [3.63, 3.8) is 0 Å². The highest BCUT2D eigenvalue weighted by Gasteiger charge is 2.24. The summed E-state index contributed by atoms with van der Waals surface area (Å²) in [5, 5.41) is 0. The van der Waals surface area contributed by atoms with Gasteiger partial charge in [-0.2, -0.15) is 0 Å². The first-order valence-electron chi connectivity index (χ1n) is 6.03. The molecule has 0 bridgehead atoms. The van der Waals surface area contributed by atoms with E-state index in [9.17, 15) is 4.39 Å². The van der Waals surface area contributed by atoms with Crippen LogP contribution >= 0.6 is 0 Å². The first-order valence-corrected chi connectivity index (χ1v) is 6.03. The first-order chi connectivity index (χ1) is 8.39. The standard InChI is InChI=1S/C16H18FN/c1-11-5-4-6-13(7-11)16(3,18)14-8-12(2)9-15(17)10-14/h4-10H,18H2,1-3H3. The summed E-state index contributed by atoms with van der Waals surface area (Å²) in [6.45, 7) is 5.81. The van der Waals surface area contributed by atoms with Crippen LogP contribution in [0.25, 0.3) is 0 Å². The van der Waals surface area contributed by atoms with Crippen molar-refractivity contribution in [2.45, 2.75) is 26.3 Å². The highest BCUT2D eigenvalue weighted by Crippen LogP contribution is 2.28. The van der Waals surface area contributed by atoms with Crippen LogP contribution in [0.1, 0.15) is 29.2 Å². The van der Waals surface area contributed by atoms with E-state index in [2.05, 4.69) is 0 Å². The van der Waals surface area contributed by atoms with E-state index < -0.39 is 5.54 Å². The van der Waals surface area contributed by atoms with Crippen molar-refractivity contribution < 1.29 is 4.39 Å². The maximum Gasteiger partial charge on any atom is 0.123 e. The SMILES string of the molecule is Cc1cccc(C(C)(N)c2cc(C)cc(F)c2)c1. The topological polar surface area (TPSA) is 26.0 Å². The molecule has 0 heterocycles. The lowest BCUT2D eigenvalue weighted by molar-refractivity contribution is 0.580. The summed E-state index contributed by atoms with van der Waals surface area (Å²) in [5.74, 6) is -0.241. The molecule has 0 radical (unpaired) electrons. The highest BCUT2D eigenvalue weighted by atomic mass is 19.1. The van der Waals surface area contributed by atoms with Gasteiger partial charge < -0.3 is 5.73 Å². The lowest BCUT2D eigenvalue weighted by Crippen LogP contribution is -2.34. The molecule has 0 saturated heterocycles. The van der Waals surface area contributed by atoms with Crippen molar-refractivity contribution in [1.82, 2.24) is 0 Å². The Bertz CT molecular complexity index is 553. The van der Waals surface area contributed by atoms with Crippen LogP contribution in [0.4, 0.5) is 4.39 Å². The van der Waals surface area contributed by atoms with Crippen LogP contribution in [0, 0.1) is 19.7 Å². The van der Waals surface area contributed by atoms with Crippen LogP contribution < -0.4 is 5.73 Å². The number of rotatable bonds is 2. The lowest BCUT2D eigenvalue weighted by Gasteiger charge is -2.26. The average Bonchev–Trinajstić information content (AvgIpc) is 2.27. The zero-order valence-corrected chi connectivity index (χ0v) is 11.0. The molecule has 94 valence electrons. The molecule has 2 heteroatoms. The van der Waals surface area contributed by atoms with Crippen LogP contribution in [0.2, 0.25) is 0 Å².